The molecular formula is C9H6N2S2. The van der Waals surface area contributed by atoms with Crippen molar-refractivity contribution in [1.82, 2.24) is 9.97 Å². The van der Waals surface area contributed by atoms with Crippen LogP contribution >= 0.6 is 22.7 Å². The van der Waals surface area contributed by atoms with Crippen LogP contribution in [0.1, 0.15) is 5.01 Å². The topological polar surface area (TPSA) is 25.8 Å². The number of fused-ring (bicyclic) bond motifs is 3. The number of benzene rings is 1. The number of rotatable bonds is 0. The summed E-state index contributed by atoms with van der Waals surface area (Å²) >= 11 is 3.40. The first-order valence-corrected chi connectivity index (χ1v) is 5.63. The number of aromatic nitrogens is 2. The van der Waals surface area contributed by atoms with Gasteiger partial charge in [-0.15, -0.1) is 22.7 Å². The van der Waals surface area contributed by atoms with Gasteiger partial charge in [-0.3, -0.25) is 0 Å². The maximum absolute atomic E-state index is 4.43. The van der Waals surface area contributed by atoms with Gasteiger partial charge in [-0.25, -0.2) is 9.97 Å². The molecule has 0 aliphatic carbocycles. The van der Waals surface area contributed by atoms with E-state index < -0.39 is 0 Å². The zero-order valence-electron chi connectivity index (χ0n) is 6.94. The van der Waals surface area contributed by atoms with Gasteiger partial charge in [0.2, 0.25) is 0 Å². The van der Waals surface area contributed by atoms with Gasteiger partial charge in [0.05, 0.1) is 25.4 Å². The van der Waals surface area contributed by atoms with Gasteiger partial charge in [0.1, 0.15) is 5.52 Å². The third-order valence-corrected chi connectivity index (χ3v) is 3.75. The van der Waals surface area contributed by atoms with Crippen LogP contribution in [0.15, 0.2) is 17.6 Å². The van der Waals surface area contributed by atoms with Gasteiger partial charge >= 0.3 is 0 Å². The number of nitrogens with zero attached hydrogens (tertiary/aromatic N) is 2. The van der Waals surface area contributed by atoms with Crippen molar-refractivity contribution in [2.45, 2.75) is 6.92 Å². The molecule has 0 atom stereocenters. The zero-order chi connectivity index (χ0) is 8.84. The maximum Gasteiger partial charge on any atom is 0.101 e. The van der Waals surface area contributed by atoms with Crippen LogP contribution in [0.3, 0.4) is 0 Å². The van der Waals surface area contributed by atoms with Gasteiger partial charge in [0.25, 0.3) is 0 Å². The molecule has 2 aromatic heterocycles. The molecule has 3 rings (SSSR count). The largest absolute Gasteiger partial charge is 0.243 e. The summed E-state index contributed by atoms with van der Waals surface area (Å²) in [5, 5.41) is 1.11. The van der Waals surface area contributed by atoms with Crippen LogP contribution in [-0.2, 0) is 0 Å². The Balaban J connectivity index is 2.64. The molecule has 4 heteroatoms. The Hall–Kier alpha value is -1.00. The molecule has 0 N–H and O–H groups in total. The third kappa shape index (κ3) is 0.990. The number of thiazole rings is 2. The Morgan fingerprint density at radius 1 is 1.31 bits per heavy atom. The lowest BCUT2D eigenvalue weighted by Gasteiger charge is -1.87. The Kier molecular flexibility index (Phi) is 1.42. The summed E-state index contributed by atoms with van der Waals surface area (Å²) in [6.07, 6.45) is 0. The summed E-state index contributed by atoms with van der Waals surface area (Å²) in [7, 11) is 0. The molecule has 2 heterocycles. The van der Waals surface area contributed by atoms with Crippen LogP contribution in [0.2, 0.25) is 0 Å². The van der Waals surface area contributed by atoms with Crippen LogP contribution in [0, 0.1) is 6.92 Å². The molecule has 64 valence electrons. The quantitative estimate of drug-likeness (QED) is 0.564. The van der Waals surface area contributed by atoms with Crippen LogP contribution in [0.5, 0.6) is 0 Å². The highest BCUT2D eigenvalue weighted by Gasteiger charge is 2.06. The molecule has 1 aromatic carbocycles. The van der Waals surface area contributed by atoms with Crippen molar-refractivity contribution in [3.8, 4) is 0 Å². The average molecular weight is 206 g/mol. The summed E-state index contributed by atoms with van der Waals surface area (Å²) in [5.41, 5.74) is 4.06. The molecular weight excluding hydrogens is 200 g/mol. The normalized spacial score (nSPS) is 11.5. The molecule has 0 bridgehead atoms. The third-order valence-electron chi connectivity index (χ3n) is 1.96. The van der Waals surface area contributed by atoms with E-state index in [4.69, 9.17) is 0 Å². The van der Waals surface area contributed by atoms with Crippen molar-refractivity contribution in [2.24, 2.45) is 0 Å². The predicted molar refractivity (Wildman–Crippen MR) is 57.5 cm³/mol. The predicted octanol–water partition coefficient (Wildman–Crippen LogP) is 3.21. The van der Waals surface area contributed by atoms with Gasteiger partial charge in [0, 0.05) is 0 Å². The Labute approximate surface area is 82.9 Å². The van der Waals surface area contributed by atoms with Crippen molar-refractivity contribution in [2.75, 3.05) is 0 Å². The molecule has 0 unspecified atom stereocenters. The SMILES string of the molecule is Cc1nc2ccc3scnc3c2s1. The van der Waals surface area contributed by atoms with Crippen molar-refractivity contribution in [1.29, 1.82) is 0 Å². The summed E-state index contributed by atoms with van der Waals surface area (Å²) in [6, 6.07) is 4.16. The Morgan fingerprint density at radius 2 is 2.23 bits per heavy atom. The first-order valence-electron chi connectivity index (χ1n) is 3.94. The van der Waals surface area contributed by atoms with Gasteiger partial charge in [-0.2, -0.15) is 0 Å². The fourth-order valence-electron chi connectivity index (χ4n) is 1.42. The molecule has 0 fully saturated rings. The minimum atomic E-state index is 1.07. The monoisotopic (exact) mass is 206 g/mol. The first kappa shape index (κ1) is 7.41. The van der Waals surface area contributed by atoms with Crippen LogP contribution < -0.4 is 0 Å². The van der Waals surface area contributed by atoms with Gasteiger partial charge in [-0.05, 0) is 19.1 Å². The highest BCUT2D eigenvalue weighted by molar-refractivity contribution is 7.21. The van der Waals surface area contributed by atoms with E-state index in [1.165, 1.54) is 9.40 Å². The fourth-order valence-corrected chi connectivity index (χ4v) is 3.09. The molecule has 13 heavy (non-hydrogen) atoms. The van der Waals surface area contributed by atoms with Crippen molar-refractivity contribution in [3.05, 3.63) is 22.7 Å². The second-order valence-electron chi connectivity index (χ2n) is 2.85. The number of hydrogen-bond acceptors (Lipinski definition) is 4. The van der Waals surface area contributed by atoms with E-state index in [9.17, 15) is 0 Å². The van der Waals surface area contributed by atoms with E-state index in [1.54, 1.807) is 22.7 Å². The highest BCUT2D eigenvalue weighted by Crippen LogP contribution is 2.30. The summed E-state index contributed by atoms with van der Waals surface area (Å²) in [4.78, 5) is 8.78. The molecule has 0 amide bonds. The van der Waals surface area contributed by atoms with Crippen molar-refractivity contribution < 1.29 is 0 Å². The zero-order valence-corrected chi connectivity index (χ0v) is 8.58. The molecule has 0 saturated heterocycles. The lowest BCUT2D eigenvalue weighted by molar-refractivity contribution is 1.35. The minimum absolute atomic E-state index is 1.07. The number of hydrogen-bond donors (Lipinski definition) is 0. The first-order chi connectivity index (χ1) is 6.34. The second kappa shape index (κ2) is 2.49. The van der Waals surface area contributed by atoms with Gasteiger partial charge in [-0.1, -0.05) is 0 Å². The molecule has 0 radical (unpaired) electrons. The average Bonchev–Trinajstić information content (AvgIpc) is 2.65. The molecule has 2 nitrogen and oxygen atoms in total. The van der Waals surface area contributed by atoms with Crippen molar-refractivity contribution >= 4 is 43.1 Å². The van der Waals surface area contributed by atoms with E-state index in [0.717, 1.165) is 16.0 Å². The maximum atomic E-state index is 4.43. The van der Waals surface area contributed by atoms with Crippen LogP contribution in [0.25, 0.3) is 20.4 Å². The molecule has 0 aliphatic heterocycles. The number of aryl methyl sites for hydroxylation is 1. The standard InChI is InChI=1S/C9H6N2S2/c1-5-11-6-2-3-7-8(9(6)13-5)10-4-12-7/h2-4H,1H3. The molecule has 3 aromatic rings. The summed E-state index contributed by atoms with van der Waals surface area (Å²) in [5.74, 6) is 0. The van der Waals surface area contributed by atoms with E-state index in [1.807, 2.05) is 12.4 Å². The molecule has 0 saturated carbocycles. The van der Waals surface area contributed by atoms with Gasteiger partial charge in [0.15, 0.2) is 0 Å². The van der Waals surface area contributed by atoms with E-state index in [0.29, 0.717) is 0 Å². The van der Waals surface area contributed by atoms with Crippen molar-refractivity contribution in [3.63, 3.8) is 0 Å². The summed E-state index contributed by atoms with van der Waals surface area (Å²) < 4.78 is 2.47. The lowest BCUT2D eigenvalue weighted by atomic mass is 10.3. The lowest BCUT2D eigenvalue weighted by Crippen LogP contribution is -1.69. The summed E-state index contributed by atoms with van der Waals surface area (Å²) in [6.45, 7) is 2.03. The van der Waals surface area contributed by atoms with Gasteiger partial charge < -0.3 is 0 Å². The fraction of sp³-hybridized carbons (Fsp3) is 0.111. The van der Waals surface area contributed by atoms with E-state index in [-0.39, 0.29) is 0 Å². The molecule has 0 spiro atoms. The smallest absolute Gasteiger partial charge is 0.101 e. The second-order valence-corrected chi connectivity index (χ2v) is 4.94. The van der Waals surface area contributed by atoms with E-state index in [2.05, 4.69) is 22.1 Å². The molecule has 0 aliphatic rings. The van der Waals surface area contributed by atoms with E-state index >= 15 is 0 Å². The highest BCUT2D eigenvalue weighted by atomic mass is 32.1. The Bertz CT molecular complexity index is 579. The Morgan fingerprint density at radius 3 is 3.15 bits per heavy atom. The minimum Gasteiger partial charge on any atom is -0.243 e. The van der Waals surface area contributed by atoms with Crippen LogP contribution in [0.4, 0.5) is 0 Å². The van der Waals surface area contributed by atoms with Crippen LogP contribution in [-0.4, -0.2) is 9.97 Å².